The highest BCUT2D eigenvalue weighted by molar-refractivity contribution is 5.97. The zero-order chi connectivity index (χ0) is 30.9. The molecule has 1 fully saturated rings. The van der Waals surface area contributed by atoms with E-state index in [1.807, 2.05) is 32.4 Å². The summed E-state index contributed by atoms with van der Waals surface area (Å²) in [5.41, 5.74) is 5.58. The largest absolute Gasteiger partial charge is 0.384 e. The van der Waals surface area contributed by atoms with Gasteiger partial charge in [-0.05, 0) is 81.5 Å². The van der Waals surface area contributed by atoms with Crippen LogP contribution in [0.2, 0.25) is 0 Å². The summed E-state index contributed by atoms with van der Waals surface area (Å²) in [5, 5.41) is 10.8. The molecule has 0 unspecified atom stereocenters. The van der Waals surface area contributed by atoms with Crippen LogP contribution >= 0.6 is 0 Å². The second-order valence-corrected chi connectivity index (χ2v) is 11.8. The van der Waals surface area contributed by atoms with Gasteiger partial charge in [-0.2, -0.15) is 5.10 Å². The van der Waals surface area contributed by atoms with Gasteiger partial charge in [0.1, 0.15) is 22.7 Å². The summed E-state index contributed by atoms with van der Waals surface area (Å²) in [6.07, 6.45) is 10.3. The van der Waals surface area contributed by atoms with E-state index < -0.39 is 5.82 Å². The van der Waals surface area contributed by atoms with Gasteiger partial charge in [-0.15, -0.1) is 0 Å². The molecule has 5 aromatic heterocycles. The van der Waals surface area contributed by atoms with Gasteiger partial charge >= 0.3 is 0 Å². The summed E-state index contributed by atoms with van der Waals surface area (Å²) < 4.78 is 31.0. The van der Waals surface area contributed by atoms with Crippen molar-refractivity contribution in [2.75, 3.05) is 45.6 Å². The summed E-state index contributed by atoms with van der Waals surface area (Å²) in [4.78, 5) is 25.7. The average Bonchev–Trinajstić information content (AvgIpc) is 3.66. The van der Waals surface area contributed by atoms with Crippen molar-refractivity contribution in [1.29, 1.82) is 0 Å². The zero-order valence-electron chi connectivity index (χ0n) is 25.2. The van der Waals surface area contributed by atoms with E-state index in [0.29, 0.717) is 57.1 Å². The Morgan fingerprint density at radius 1 is 0.956 bits per heavy atom. The molecule has 0 atom stereocenters. The van der Waals surface area contributed by atoms with Gasteiger partial charge in [0, 0.05) is 55.0 Å². The predicted molar refractivity (Wildman–Crippen MR) is 172 cm³/mol. The fraction of sp³-hybridized carbons (Fsp3) is 0.303. The standard InChI is InChI=1S/C33H34F2N10/c1-44(2)11-8-37-24-14-21(13-23(34)15-24)25-6-7-38-32-30(25)40-33(41-32)31-27-26(42-43-31)18-39-29(28(27)35)22-12-20(16-36-17-22)19-45-9-4-3-5-10-45/h6-7,12-18,37H,3-5,8-11,19H2,1-2H3,(H,42,43)(H,38,40,41). The molecular formula is C33H34F2N10. The molecule has 10 nitrogen and oxygen atoms in total. The van der Waals surface area contributed by atoms with Crippen molar-refractivity contribution in [1.82, 2.24) is 44.9 Å². The number of likely N-dealkylation sites (N-methyl/N-ethyl adjacent to an activating group) is 1. The minimum absolute atomic E-state index is 0.196. The predicted octanol–water partition coefficient (Wildman–Crippen LogP) is 5.86. The SMILES string of the molecule is CN(C)CCNc1cc(F)cc(-c2ccnc3[nH]c(-c4n[nH]c5cnc(-c6cncc(CN7CCCCC7)c6)c(F)c45)nc23)c1. The summed E-state index contributed by atoms with van der Waals surface area (Å²) in [6, 6.07) is 8.57. The van der Waals surface area contributed by atoms with Crippen LogP contribution < -0.4 is 5.32 Å². The number of pyridine rings is 3. The van der Waals surface area contributed by atoms with Crippen LogP contribution in [0.4, 0.5) is 14.5 Å². The molecule has 6 aromatic rings. The molecule has 3 N–H and O–H groups in total. The number of hydrogen-bond acceptors (Lipinski definition) is 8. The number of piperidine rings is 1. The van der Waals surface area contributed by atoms with Crippen molar-refractivity contribution in [2.45, 2.75) is 25.8 Å². The normalized spacial score (nSPS) is 14.2. The molecular weight excluding hydrogens is 574 g/mol. The van der Waals surface area contributed by atoms with E-state index in [0.717, 1.165) is 31.7 Å². The van der Waals surface area contributed by atoms with Gasteiger partial charge in [0.2, 0.25) is 0 Å². The number of likely N-dealkylation sites (tertiary alicyclic amines) is 1. The first-order valence-electron chi connectivity index (χ1n) is 15.2. The highest BCUT2D eigenvalue weighted by atomic mass is 19.1. The van der Waals surface area contributed by atoms with Crippen molar-refractivity contribution >= 4 is 27.8 Å². The third-order valence-corrected chi connectivity index (χ3v) is 8.17. The van der Waals surface area contributed by atoms with Gasteiger partial charge in [-0.1, -0.05) is 6.42 Å². The molecule has 0 aliphatic carbocycles. The number of fused-ring (bicyclic) bond motifs is 2. The molecule has 7 rings (SSSR count). The highest BCUT2D eigenvalue weighted by Crippen LogP contribution is 2.35. The Morgan fingerprint density at radius 2 is 1.82 bits per heavy atom. The van der Waals surface area contributed by atoms with E-state index in [2.05, 4.69) is 45.2 Å². The second-order valence-electron chi connectivity index (χ2n) is 11.8. The summed E-state index contributed by atoms with van der Waals surface area (Å²) in [5.74, 6) is -0.541. The average molecular weight is 609 g/mol. The van der Waals surface area contributed by atoms with Crippen molar-refractivity contribution in [2.24, 2.45) is 0 Å². The maximum absolute atomic E-state index is 16.3. The van der Waals surface area contributed by atoms with Crippen molar-refractivity contribution in [3.05, 3.63) is 72.3 Å². The number of aromatic amines is 2. The third-order valence-electron chi connectivity index (χ3n) is 8.17. The van der Waals surface area contributed by atoms with Crippen LogP contribution in [0, 0.1) is 11.6 Å². The topological polar surface area (TPSA) is 115 Å². The van der Waals surface area contributed by atoms with E-state index in [4.69, 9.17) is 4.98 Å². The Labute approximate surface area is 258 Å². The first-order chi connectivity index (χ1) is 21.9. The summed E-state index contributed by atoms with van der Waals surface area (Å²) in [7, 11) is 3.97. The lowest BCUT2D eigenvalue weighted by Gasteiger charge is -2.26. The molecule has 1 aliphatic heterocycles. The number of nitrogens with one attached hydrogen (secondary N) is 3. The lowest BCUT2D eigenvalue weighted by molar-refractivity contribution is 0.220. The Kier molecular flexibility index (Phi) is 7.90. The molecule has 6 heterocycles. The minimum atomic E-state index is -0.514. The van der Waals surface area contributed by atoms with Crippen LogP contribution in [0.1, 0.15) is 24.8 Å². The Balaban J connectivity index is 1.24. The maximum Gasteiger partial charge on any atom is 0.161 e. The second kappa shape index (κ2) is 12.3. The van der Waals surface area contributed by atoms with Crippen LogP contribution in [0.3, 0.4) is 0 Å². The summed E-state index contributed by atoms with van der Waals surface area (Å²) in [6.45, 7) is 4.36. The Bertz CT molecular complexity index is 1980. The molecule has 1 aliphatic rings. The molecule has 45 heavy (non-hydrogen) atoms. The van der Waals surface area contributed by atoms with Crippen LogP contribution in [-0.4, -0.2) is 85.2 Å². The molecule has 1 saturated heterocycles. The Hall–Kier alpha value is -4.81. The maximum atomic E-state index is 16.3. The molecule has 230 valence electrons. The number of rotatable bonds is 9. The first kappa shape index (κ1) is 28.9. The lowest BCUT2D eigenvalue weighted by atomic mass is 10.0. The molecule has 1 aromatic carbocycles. The molecule has 12 heteroatoms. The molecule has 0 radical (unpaired) electrons. The van der Waals surface area contributed by atoms with Crippen molar-refractivity contribution in [3.63, 3.8) is 0 Å². The van der Waals surface area contributed by atoms with Crippen LogP contribution in [0.15, 0.2) is 55.1 Å². The number of aromatic nitrogens is 7. The first-order valence-corrected chi connectivity index (χ1v) is 15.2. The molecule has 0 saturated carbocycles. The van der Waals surface area contributed by atoms with Crippen molar-refractivity contribution < 1.29 is 8.78 Å². The molecule has 0 spiro atoms. The smallest absolute Gasteiger partial charge is 0.161 e. The van der Waals surface area contributed by atoms with E-state index in [9.17, 15) is 4.39 Å². The van der Waals surface area contributed by atoms with Gasteiger partial charge in [-0.3, -0.25) is 20.0 Å². The number of halogens is 2. The highest BCUT2D eigenvalue weighted by Gasteiger charge is 2.22. The number of benzene rings is 1. The van der Waals surface area contributed by atoms with E-state index in [-0.39, 0.29) is 16.9 Å². The van der Waals surface area contributed by atoms with Gasteiger partial charge in [-0.25, -0.2) is 18.7 Å². The third kappa shape index (κ3) is 5.98. The Morgan fingerprint density at radius 3 is 2.67 bits per heavy atom. The van der Waals surface area contributed by atoms with E-state index in [1.165, 1.54) is 31.4 Å². The number of hydrogen-bond donors (Lipinski definition) is 3. The van der Waals surface area contributed by atoms with Gasteiger partial charge in [0.25, 0.3) is 0 Å². The number of imidazole rings is 1. The number of nitrogens with zero attached hydrogens (tertiary/aromatic N) is 7. The summed E-state index contributed by atoms with van der Waals surface area (Å²) >= 11 is 0. The van der Waals surface area contributed by atoms with Crippen molar-refractivity contribution in [3.8, 4) is 33.9 Å². The van der Waals surface area contributed by atoms with Gasteiger partial charge < -0.3 is 15.2 Å². The van der Waals surface area contributed by atoms with E-state index >= 15 is 4.39 Å². The van der Waals surface area contributed by atoms with Crippen LogP contribution in [0.25, 0.3) is 56.0 Å². The quantitative estimate of drug-likeness (QED) is 0.187. The van der Waals surface area contributed by atoms with E-state index in [1.54, 1.807) is 24.7 Å². The fourth-order valence-corrected chi connectivity index (χ4v) is 5.95. The monoisotopic (exact) mass is 608 g/mol. The molecule has 0 amide bonds. The lowest BCUT2D eigenvalue weighted by Crippen LogP contribution is -2.29. The van der Waals surface area contributed by atoms with Crippen LogP contribution in [0.5, 0.6) is 0 Å². The minimum Gasteiger partial charge on any atom is -0.384 e. The van der Waals surface area contributed by atoms with Crippen LogP contribution in [-0.2, 0) is 6.54 Å². The van der Waals surface area contributed by atoms with Gasteiger partial charge in [0.05, 0.1) is 17.1 Å². The fourth-order valence-electron chi connectivity index (χ4n) is 5.95. The number of H-pyrrole nitrogens is 2. The zero-order valence-corrected chi connectivity index (χ0v) is 25.2. The number of anilines is 1. The van der Waals surface area contributed by atoms with Gasteiger partial charge in [0.15, 0.2) is 17.3 Å². The molecule has 0 bridgehead atoms.